The Bertz CT molecular complexity index is 292. The third-order valence-electron chi connectivity index (χ3n) is 3.37. The molecule has 1 aromatic heterocycles. The van der Waals surface area contributed by atoms with Gasteiger partial charge in [-0.3, -0.25) is 0 Å². The smallest absolute Gasteiger partial charge is 0.124 e. The van der Waals surface area contributed by atoms with Crippen molar-refractivity contribution in [3.05, 3.63) is 18.0 Å². The van der Waals surface area contributed by atoms with Crippen molar-refractivity contribution in [3.8, 4) is 0 Å². The summed E-state index contributed by atoms with van der Waals surface area (Å²) >= 11 is 0. The molecule has 2 atom stereocenters. The minimum atomic E-state index is 0.290. The van der Waals surface area contributed by atoms with Gasteiger partial charge >= 0.3 is 0 Å². The van der Waals surface area contributed by atoms with E-state index >= 15 is 0 Å². The van der Waals surface area contributed by atoms with Gasteiger partial charge in [-0.25, -0.2) is 0 Å². The van der Waals surface area contributed by atoms with Gasteiger partial charge in [-0.15, -0.1) is 0 Å². The minimum Gasteiger partial charge on any atom is -0.364 e. The van der Waals surface area contributed by atoms with Crippen LogP contribution in [0.4, 0.5) is 0 Å². The van der Waals surface area contributed by atoms with E-state index in [-0.39, 0.29) is 0 Å². The molecule has 3 nitrogen and oxygen atoms in total. The molecule has 14 heavy (non-hydrogen) atoms. The van der Waals surface area contributed by atoms with Crippen LogP contribution in [0.2, 0.25) is 0 Å². The summed E-state index contributed by atoms with van der Waals surface area (Å²) in [5.74, 6) is 0. The monoisotopic (exact) mass is 194 g/mol. The molecule has 0 bridgehead atoms. The van der Waals surface area contributed by atoms with Crippen molar-refractivity contribution in [1.29, 1.82) is 0 Å². The molecule has 0 aliphatic heterocycles. The van der Waals surface area contributed by atoms with Gasteiger partial charge in [0.15, 0.2) is 0 Å². The van der Waals surface area contributed by atoms with Crippen molar-refractivity contribution >= 4 is 0 Å². The van der Waals surface area contributed by atoms with Crippen molar-refractivity contribution < 1.29 is 4.52 Å². The van der Waals surface area contributed by atoms with E-state index in [1.54, 1.807) is 6.26 Å². The van der Waals surface area contributed by atoms with Gasteiger partial charge in [0.25, 0.3) is 0 Å². The van der Waals surface area contributed by atoms with Crippen LogP contribution in [-0.2, 0) is 0 Å². The Hall–Kier alpha value is -0.830. The summed E-state index contributed by atoms with van der Waals surface area (Å²) in [5.41, 5.74) is 1.44. The first kappa shape index (κ1) is 9.71. The quantitative estimate of drug-likeness (QED) is 0.803. The molecule has 1 fully saturated rings. The summed E-state index contributed by atoms with van der Waals surface area (Å²) in [6.45, 7) is 6.75. The summed E-state index contributed by atoms with van der Waals surface area (Å²) in [6, 6.07) is 2.83. The van der Waals surface area contributed by atoms with Crippen LogP contribution in [-0.4, -0.2) is 11.2 Å². The van der Waals surface area contributed by atoms with Gasteiger partial charge in [-0.05, 0) is 25.2 Å². The largest absolute Gasteiger partial charge is 0.364 e. The summed E-state index contributed by atoms with van der Waals surface area (Å²) in [4.78, 5) is 0. The average molecular weight is 194 g/mol. The topological polar surface area (TPSA) is 38.1 Å². The number of nitrogens with one attached hydrogen (secondary N) is 1. The van der Waals surface area contributed by atoms with Crippen molar-refractivity contribution in [2.24, 2.45) is 5.41 Å². The molecule has 1 saturated carbocycles. The Balaban J connectivity index is 1.92. The first-order valence-corrected chi connectivity index (χ1v) is 5.26. The molecule has 2 rings (SSSR count). The van der Waals surface area contributed by atoms with Gasteiger partial charge in [-0.2, -0.15) is 0 Å². The van der Waals surface area contributed by atoms with Crippen LogP contribution in [0.3, 0.4) is 0 Å². The van der Waals surface area contributed by atoms with Crippen molar-refractivity contribution in [3.63, 3.8) is 0 Å². The molecule has 0 aromatic carbocycles. The standard InChI is InChI=1S/C11H18N2O/c1-8(9-5-7-14-13-9)12-10-4-6-11(10,2)3/h5,7-8,10,12H,4,6H2,1-3H3. The minimum absolute atomic E-state index is 0.290. The fraction of sp³-hybridized carbons (Fsp3) is 0.727. The van der Waals surface area contributed by atoms with Gasteiger partial charge in [0.1, 0.15) is 12.0 Å². The zero-order valence-electron chi connectivity index (χ0n) is 9.08. The second-order valence-electron chi connectivity index (χ2n) is 4.89. The van der Waals surface area contributed by atoms with E-state index in [2.05, 4.69) is 31.2 Å². The molecular weight excluding hydrogens is 176 g/mol. The zero-order chi connectivity index (χ0) is 10.2. The molecule has 2 unspecified atom stereocenters. The fourth-order valence-corrected chi connectivity index (χ4v) is 2.01. The van der Waals surface area contributed by atoms with Crippen LogP contribution < -0.4 is 5.32 Å². The highest BCUT2D eigenvalue weighted by atomic mass is 16.5. The number of nitrogens with zero attached hydrogens (tertiary/aromatic N) is 1. The van der Waals surface area contributed by atoms with Crippen molar-refractivity contribution in [2.45, 2.75) is 45.7 Å². The highest BCUT2D eigenvalue weighted by Crippen LogP contribution is 2.40. The number of rotatable bonds is 3. The predicted molar refractivity (Wildman–Crippen MR) is 54.9 cm³/mol. The molecule has 0 radical (unpaired) electrons. The zero-order valence-corrected chi connectivity index (χ0v) is 9.08. The van der Waals surface area contributed by atoms with Gasteiger partial charge in [0.2, 0.25) is 0 Å². The molecule has 78 valence electrons. The van der Waals surface area contributed by atoms with E-state index in [4.69, 9.17) is 4.52 Å². The van der Waals surface area contributed by atoms with E-state index in [0.717, 1.165) is 5.69 Å². The van der Waals surface area contributed by atoms with E-state index in [9.17, 15) is 0 Å². The van der Waals surface area contributed by atoms with Crippen molar-refractivity contribution in [2.75, 3.05) is 0 Å². The second kappa shape index (κ2) is 3.39. The fourth-order valence-electron chi connectivity index (χ4n) is 2.01. The number of aromatic nitrogens is 1. The molecule has 0 saturated heterocycles. The molecule has 0 amide bonds. The summed E-state index contributed by atoms with van der Waals surface area (Å²) in [6.07, 6.45) is 4.21. The number of hydrogen-bond donors (Lipinski definition) is 1. The van der Waals surface area contributed by atoms with Gasteiger partial charge in [0.05, 0.1) is 6.04 Å². The Kier molecular flexibility index (Phi) is 2.35. The maximum absolute atomic E-state index is 4.83. The van der Waals surface area contributed by atoms with Crippen LogP contribution >= 0.6 is 0 Å². The lowest BCUT2D eigenvalue weighted by atomic mass is 9.67. The average Bonchev–Trinajstić information content (AvgIpc) is 2.65. The third kappa shape index (κ3) is 1.69. The molecular formula is C11H18N2O. The van der Waals surface area contributed by atoms with Crippen LogP contribution in [0.1, 0.15) is 45.3 Å². The molecule has 1 heterocycles. The predicted octanol–water partition coefficient (Wildman–Crippen LogP) is 2.51. The van der Waals surface area contributed by atoms with Gasteiger partial charge in [-0.1, -0.05) is 19.0 Å². The van der Waals surface area contributed by atoms with Gasteiger partial charge in [0, 0.05) is 12.1 Å². The highest BCUT2D eigenvalue weighted by molar-refractivity contribution is 5.04. The Labute approximate surface area is 84.9 Å². The maximum atomic E-state index is 4.83. The van der Waals surface area contributed by atoms with Crippen LogP contribution in [0.5, 0.6) is 0 Å². The summed E-state index contributed by atoms with van der Waals surface area (Å²) < 4.78 is 4.83. The van der Waals surface area contributed by atoms with E-state index in [1.165, 1.54) is 12.8 Å². The SMILES string of the molecule is CC(NC1CCC1(C)C)c1ccon1. The lowest BCUT2D eigenvalue weighted by molar-refractivity contribution is 0.0988. The normalized spacial score (nSPS) is 26.9. The molecule has 1 aromatic rings. The third-order valence-corrected chi connectivity index (χ3v) is 3.37. The molecule has 1 aliphatic carbocycles. The maximum Gasteiger partial charge on any atom is 0.124 e. The van der Waals surface area contributed by atoms with Crippen molar-refractivity contribution in [1.82, 2.24) is 10.5 Å². The van der Waals surface area contributed by atoms with Crippen LogP contribution in [0.15, 0.2) is 16.9 Å². The van der Waals surface area contributed by atoms with Crippen LogP contribution in [0.25, 0.3) is 0 Å². The van der Waals surface area contributed by atoms with E-state index in [0.29, 0.717) is 17.5 Å². The summed E-state index contributed by atoms with van der Waals surface area (Å²) in [7, 11) is 0. The Morgan fingerprint density at radius 1 is 1.64 bits per heavy atom. The van der Waals surface area contributed by atoms with E-state index < -0.39 is 0 Å². The lowest BCUT2D eigenvalue weighted by Crippen LogP contribution is -2.50. The van der Waals surface area contributed by atoms with E-state index in [1.807, 2.05) is 6.07 Å². The second-order valence-corrected chi connectivity index (χ2v) is 4.89. The Morgan fingerprint density at radius 3 is 2.86 bits per heavy atom. The first-order chi connectivity index (χ1) is 6.59. The number of hydrogen-bond acceptors (Lipinski definition) is 3. The highest BCUT2D eigenvalue weighted by Gasteiger charge is 2.38. The van der Waals surface area contributed by atoms with Crippen LogP contribution in [0, 0.1) is 5.41 Å². The Morgan fingerprint density at radius 2 is 2.43 bits per heavy atom. The molecule has 0 spiro atoms. The molecule has 1 aliphatic rings. The molecule has 3 heteroatoms. The summed E-state index contributed by atoms with van der Waals surface area (Å²) in [5, 5.41) is 7.52. The first-order valence-electron chi connectivity index (χ1n) is 5.26. The van der Waals surface area contributed by atoms with Gasteiger partial charge < -0.3 is 9.84 Å². The lowest BCUT2D eigenvalue weighted by Gasteiger charge is -2.46. The molecule has 1 N–H and O–H groups in total.